The number of rotatable bonds is 2. The van der Waals surface area contributed by atoms with Crippen LogP contribution in [0.2, 0.25) is 12.1 Å². The number of carbonyl (C=O) groups excluding carboxylic acids is 2. The Morgan fingerprint density at radius 1 is 0.893 bits per heavy atom. The van der Waals surface area contributed by atoms with Crippen LogP contribution in [-0.4, -0.2) is 19.9 Å². The fourth-order valence-electron chi connectivity index (χ4n) is 5.44. The summed E-state index contributed by atoms with van der Waals surface area (Å²) in [5.74, 6) is 0.497. The van der Waals surface area contributed by atoms with Crippen molar-refractivity contribution in [2.75, 3.05) is 0 Å². The van der Waals surface area contributed by atoms with E-state index in [2.05, 4.69) is 32.0 Å². The van der Waals surface area contributed by atoms with Crippen molar-refractivity contribution >= 4 is 30.6 Å². The molecule has 0 saturated carbocycles. The van der Waals surface area contributed by atoms with Crippen LogP contribution in [0.3, 0.4) is 0 Å². The van der Waals surface area contributed by atoms with E-state index in [4.69, 9.17) is 4.43 Å². The average molecular weight is 389 g/mol. The van der Waals surface area contributed by atoms with Gasteiger partial charge >= 0.3 is 0 Å². The van der Waals surface area contributed by atoms with Gasteiger partial charge in [0.2, 0.25) is 0 Å². The van der Waals surface area contributed by atoms with E-state index in [0.717, 1.165) is 35.4 Å². The summed E-state index contributed by atoms with van der Waals surface area (Å²) in [6.45, 7) is 4.43. The summed E-state index contributed by atoms with van der Waals surface area (Å²) in [6, 6.07) is 17.8. The number of Topliss-reactive ketones (excluding diaryl/α,β-unsaturated/α-hetero) is 2. The summed E-state index contributed by atoms with van der Waals surface area (Å²) in [7, 11) is -2.08. The Bertz CT molecular complexity index is 1030. The SMILES string of the molecule is CC[Si]1(CC)OC2=C(c3ccccc31)C1C(=O)c3ccccc3C(=O)C1CC2. The van der Waals surface area contributed by atoms with Gasteiger partial charge in [0, 0.05) is 29.0 Å². The molecule has 2 unspecified atom stereocenters. The Balaban J connectivity index is 1.73. The van der Waals surface area contributed by atoms with Gasteiger partial charge in [-0.2, -0.15) is 0 Å². The van der Waals surface area contributed by atoms with Crippen LogP contribution in [0.5, 0.6) is 0 Å². The third-order valence-corrected chi connectivity index (χ3v) is 11.3. The van der Waals surface area contributed by atoms with Crippen LogP contribution in [-0.2, 0) is 4.43 Å². The van der Waals surface area contributed by atoms with Crippen LogP contribution in [0.1, 0.15) is 53.0 Å². The molecule has 1 aliphatic heterocycles. The van der Waals surface area contributed by atoms with Gasteiger partial charge in [-0.1, -0.05) is 62.4 Å². The number of allylic oxidation sites excluding steroid dienone is 2. The molecule has 4 heteroatoms. The van der Waals surface area contributed by atoms with Crippen LogP contribution in [0.25, 0.3) is 5.57 Å². The van der Waals surface area contributed by atoms with E-state index in [9.17, 15) is 9.59 Å². The van der Waals surface area contributed by atoms with E-state index in [1.807, 2.05) is 18.2 Å². The van der Waals surface area contributed by atoms with Gasteiger partial charge in [-0.25, -0.2) is 0 Å². The zero-order chi connectivity index (χ0) is 19.5. The lowest BCUT2D eigenvalue weighted by atomic mass is 9.65. The van der Waals surface area contributed by atoms with Crippen LogP contribution in [0, 0.1) is 11.8 Å². The molecule has 0 fully saturated rings. The Morgan fingerprint density at radius 2 is 1.50 bits per heavy atom. The predicted octanol–water partition coefficient (Wildman–Crippen LogP) is 4.73. The molecule has 0 radical (unpaired) electrons. The molecular weight excluding hydrogens is 364 g/mol. The molecule has 0 bridgehead atoms. The van der Waals surface area contributed by atoms with Gasteiger partial charge in [-0.05, 0) is 29.3 Å². The number of benzene rings is 2. The van der Waals surface area contributed by atoms with Crippen molar-refractivity contribution in [3.63, 3.8) is 0 Å². The largest absolute Gasteiger partial charge is 0.542 e. The van der Waals surface area contributed by atoms with Gasteiger partial charge in [0.15, 0.2) is 11.6 Å². The normalized spacial score (nSPS) is 24.6. The van der Waals surface area contributed by atoms with E-state index < -0.39 is 14.2 Å². The van der Waals surface area contributed by atoms with E-state index >= 15 is 0 Å². The lowest BCUT2D eigenvalue weighted by Gasteiger charge is -2.45. The Labute approximate surface area is 166 Å². The minimum absolute atomic E-state index is 0.0768. The number of ketones is 2. The van der Waals surface area contributed by atoms with Crippen LogP contribution in [0.15, 0.2) is 54.3 Å². The highest BCUT2D eigenvalue weighted by Crippen LogP contribution is 2.49. The molecule has 2 atom stereocenters. The molecule has 1 heterocycles. The highest BCUT2D eigenvalue weighted by atomic mass is 28.4. The first-order chi connectivity index (χ1) is 13.6. The molecule has 5 rings (SSSR count). The van der Waals surface area contributed by atoms with E-state index in [-0.39, 0.29) is 17.5 Å². The Kier molecular flexibility index (Phi) is 3.95. The maximum Gasteiger partial charge on any atom is 0.282 e. The maximum atomic E-state index is 13.5. The third-order valence-electron chi connectivity index (χ3n) is 6.94. The van der Waals surface area contributed by atoms with Crippen molar-refractivity contribution in [2.45, 2.75) is 38.8 Å². The number of carbonyl (C=O) groups is 2. The number of hydrogen-bond acceptors (Lipinski definition) is 3. The van der Waals surface area contributed by atoms with Crippen molar-refractivity contribution in [1.29, 1.82) is 0 Å². The molecule has 28 heavy (non-hydrogen) atoms. The monoisotopic (exact) mass is 388 g/mol. The van der Waals surface area contributed by atoms with Gasteiger partial charge in [0.25, 0.3) is 8.32 Å². The molecule has 0 N–H and O–H groups in total. The second kappa shape index (κ2) is 6.28. The first kappa shape index (κ1) is 17.6. The maximum absolute atomic E-state index is 13.5. The third kappa shape index (κ3) is 2.21. The molecule has 2 aliphatic carbocycles. The lowest BCUT2D eigenvalue weighted by molar-refractivity contribution is 0.0754. The fraction of sp³-hybridized carbons (Fsp3) is 0.333. The predicted molar refractivity (Wildman–Crippen MR) is 112 cm³/mol. The highest BCUT2D eigenvalue weighted by Gasteiger charge is 2.51. The average Bonchev–Trinajstić information content (AvgIpc) is 2.76. The quantitative estimate of drug-likeness (QED) is 0.699. The van der Waals surface area contributed by atoms with E-state index in [0.29, 0.717) is 17.5 Å². The second-order valence-electron chi connectivity index (χ2n) is 8.08. The minimum atomic E-state index is -2.08. The second-order valence-corrected chi connectivity index (χ2v) is 12.2. The smallest absolute Gasteiger partial charge is 0.282 e. The lowest BCUT2D eigenvalue weighted by Crippen LogP contribution is -2.55. The number of fused-ring (bicyclic) bond motifs is 5. The summed E-state index contributed by atoms with van der Waals surface area (Å²) >= 11 is 0. The number of hydrogen-bond donors (Lipinski definition) is 0. The van der Waals surface area contributed by atoms with Crippen molar-refractivity contribution < 1.29 is 14.0 Å². The molecule has 2 aromatic carbocycles. The topological polar surface area (TPSA) is 43.4 Å². The summed E-state index contributed by atoms with van der Waals surface area (Å²) in [4.78, 5) is 26.7. The van der Waals surface area contributed by atoms with Crippen molar-refractivity contribution in [1.82, 2.24) is 0 Å². The molecule has 0 aromatic heterocycles. The first-order valence-electron chi connectivity index (χ1n) is 10.3. The molecule has 142 valence electrons. The highest BCUT2D eigenvalue weighted by molar-refractivity contribution is 6.87. The molecule has 3 nitrogen and oxygen atoms in total. The van der Waals surface area contributed by atoms with Crippen LogP contribution < -0.4 is 5.19 Å². The summed E-state index contributed by atoms with van der Waals surface area (Å²) in [5, 5.41) is 1.29. The fourth-order valence-corrected chi connectivity index (χ4v) is 8.90. The van der Waals surface area contributed by atoms with Crippen LogP contribution in [0.4, 0.5) is 0 Å². The zero-order valence-electron chi connectivity index (χ0n) is 16.3. The molecule has 2 aromatic rings. The molecule has 0 amide bonds. The molecular formula is C24H24O3Si. The van der Waals surface area contributed by atoms with Gasteiger partial charge in [0.1, 0.15) is 0 Å². The van der Waals surface area contributed by atoms with Crippen molar-refractivity contribution in [2.24, 2.45) is 11.8 Å². The van der Waals surface area contributed by atoms with Crippen LogP contribution >= 0.6 is 0 Å². The van der Waals surface area contributed by atoms with E-state index in [1.165, 1.54) is 5.19 Å². The minimum Gasteiger partial charge on any atom is -0.542 e. The molecule has 0 saturated heterocycles. The van der Waals surface area contributed by atoms with Gasteiger partial charge in [-0.15, -0.1) is 0 Å². The summed E-state index contributed by atoms with van der Waals surface area (Å²) in [5.41, 5.74) is 3.31. The van der Waals surface area contributed by atoms with Gasteiger partial charge in [-0.3, -0.25) is 9.59 Å². The first-order valence-corrected chi connectivity index (χ1v) is 12.6. The Morgan fingerprint density at radius 3 is 2.18 bits per heavy atom. The summed E-state index contributed by atoms with van der Waals surface area (Å²) in [6.07, 6.45) is 1.45. The Hall–Kier alpha value is -2.46. The standard InChI is InChI=1S/C24H24O3Si/c1-3-28(4-2)20-12-8-7-11-17(20)21-19(27-28)14-13-18-22(21)24(26)16-10-6-5-9-15(16)23(18)25/h5-12,18,22H,3-4,13-14H2,1-2H3. The van der Waals surface area contributed by atoms with Crippen molar-refractivity contribution in [3.05, 3.63) is 71.0 Å². The van der Waals surface area contributed by atoms with Gasteiger partial charge < -0.3 is 4.43 Å². The molecule has 0 spiro atoms. The molecule has 3 aliphatic rings. The van der Waals surface area contributed by atoms with Gasteiger partial charge in [0.05, 0.1) is 11.7 Å². The summed E-state index contributed by atoms with van der Waals surface area (Å²) < 4.78 is 6.78. The van der Waals surface area contributed by atoms with E-state index in [1.54, 1.807) is 12.1 Å². The van der Waals surface area contributed by atoms with Crippen molar-refractivity contribution in [3.8, 4) is 0 Å². The zero-order valence-corrected chi connectivity index (χ0v) is 17.3.